The van der Waals surface area contributed by atoms with Gasteiger partial charge in [-0.25, -0.2) is 4.79 Å². The highest BCUT2D eigenvalue weighted by molar-refractivity contribution is 5.91. The van der Waals surface area contributed by atoms with Gasteiger partial charge in [0.1, 0.15) is 11.5 Å². The van der Waals surface area contributed by atoms with E-state index in [0.29, 0.717) is 30.3 Å². The second-order valence-electron chi connectivity index (χ2n) is 7.30. The van der Waals surface area contributed by atoms with Crippen molar-refractivity contribution >= 4 is 11.7 Å². The largest absolute Gasteiger partial charge is 0.497 e. The predicted molar refractivity (Wildman–Crippen MR) is 109 cm³/mol. The number of nitrogens with one attached hydrogen (secondary N) is 1. The zero-order chi connectivity index (χ0) is 20.0. The third-order valence-electron chi connectivity index (χ3n) is 5.52. The van der Waals surface area contributed by atoms with E-state index in [1.165, 1.54) is 5.56 Å². The number of urea groups is 1. The molecule has 3 rings (SSSR count). The standard InChI is InChI=1S/C22H28N2O4/c1-27-18-8-9-19(20(14-18)28-2)23-21(26)24-12-10-22(16-25,11-13-24)15-17-6-4-3-5-7-17/h3-9,14,25H,10-13,15-16H2,1-2H3,(H,23,26). The van der Waals surface area contributed by atoms with Gasteiger partial charge in [-0.15, -0.1) is 0 Å². The number of hydrogen-bond donors (Lipinski definition) is 2. The number of nitrogens with zero attached hydrogens (tertiary/aromatic N) is 1. The summed E-state index contributed by atoms with van der Waals surface area (Å²) < 4.78 is 10.5. The van der Waals surface area contributed by atoms with E-state index in [2.05, 4.69) is 17.4 Å². The number of carbonyl (C=O) groups is 1. The van der Waals surface area contributed by atoms with Gasteiger partial charge in [0.2, 0.25) is 0 Å². The van der Waals surface area contributed by atoms with E-state index >= 15 is 0 Å². The van der Waals surface area contributed by atoms with E-state index in [-0.39, 0.29) is 18.1 Å². The lowest BCUT2D eigenvalue weighted by molar-refractivity contribution is 0.0575. The molecule has 28 heavy (non-hydrogen) atoms. The molecule has 2 amide bonds. The van der Waals surface area contributed by atoms with Crippen molar-refractivity contribution in [1.82, 2.24) is 4.90 Å². The van der Waals surface area contributed by atoms with Crippen LogP contribution in [0.3, 0.4) is 0 Å². The third-order valence-corrected chi connectivity index (χ3v) is 5.52. The average molecular weight is 384 g/mol. The summed E-state index contributed by atoms with van der Waals surface area (Å²) in [6, 6.07) is 15.3. The second-order valence-corrected chi connectivity index (χ2v) is 7.30. The van der Waals surface area contributed by atoms with Crippen molar-refractivity contribution in [1.29, 1.82) is 0 Å². The van der Waals surface area contributed by atoms with Crippen molar-refractivity contribution in [3.8, 4) is 11.5 Å². The van der Waals surface area contributed by atoms with Gasteiger partial charge in [0.25, 0.3) is 0 Å². The Morgan fingerprint density at radius 1 is 1.11 bits per heavy atom. The van der Waals surface area contributed by atoms with Gasteiger partial charge in [-0.2, -0.15) is 0 Å². The fourth-order valence-electron chi connectivity index (χ4n) is 3.70. The molecule has 150 valence electrons. The highest BCUT2D eigenvalue weighted by Crippen LogP contribution is 2.35. The zero-order valence-corrected chi connectivity index (χ0v) is 16.5. The lowest BCUT2D eigenvalue weighted by Gasteiger charge is -2.41. The van der Waals surface area contributed by atoms with Gasteiger partial charge in [0, 0.05) is 31.2 Å². The van der Waals surface area contributed by atoms with E-state index < -0.39 is 0 Å². The highest BCUT2D eigenvalue weighted by atomic mass is 16.5. The molecule has 2 N–H and O–H groups in total. The number of aliphatic hydroxyl groups is 1. The molecule has 6 nitrogen and oxygen atoms in total. The molecule has 1 saturated heterocycles. The quantitative estimate of drug-likeness (QED) is 0.799. The first-order valence-corrected chi connectivity index (χ1v) is 9.52. The first-order valence-electron chi connectivity index (χ1n) is 9.52. The number of carbonyl (C=O) groups excluding carboxylic acids is 1. The number of benzene rings is 2. The Bertz CT molecular complexity index is 786. The lowest BCUT2D eigenvalue weighted by atomic mass is 9.74. The van der Waals surface area contributed by atoms with Gasteiger partial charge in [0.05, 0.1) is 19.9 Å². The van der Waals surface area contributed by atoms with Crippen LogP contribution in [0, 0.1) is 5.41 Å². The zero-order valence-electron chi connectivity index (χ0n) is 16.5. The van der Waals surface area contributed by atoms with Crippen molar-refractivity contribution in [2.24, 2.45) is 5.41 Å². The molecule has 0 saturated carbocycles. The Labute approximate surface area is 166 Å². The summed E-state index contributed by atoms with van der Waals surface area (Å²) in [5.41, 5.74) is 1.66. The average Bonchev–Trinajstić information content (AvgIpc) is 2.75. The van der Waals surface area contributed by atoms with E-state index in [0.717, 1.165) is 19.3 Å². The number of rotatable bonds is 6. The predicted octanol–water partition coefficient (Wildman–Crippen LogP) is 3.55. The van der Waals surface area contributed by atoms with Crippen LogP contribution >= 0.6 is 0 Å². The Morgan fingerprint density at radius 2 is 1.82 bits per heavy atom. The normalized spacial score (nSPS) is 15.8. The molecule has 1 heterocycles. The summed E-state index contributed by atoms with van der Waals surface area (Å²) in [4.78, 5) is 14.5. The Hall–Kier alpha value is -2.73. The Kier molecular flexibility index (Phi) is 6.41. The summed E-state index contributed by atoms with van der Waals surface area (Å²) >= 11 is 0. The van der Waals surface area contributed by atoms with Crippen LogP contribution in [0.1, 0.15) is 18.4 Å². The van der Waals surface area contributed by atoms with Gasteiger partial charge in [0.15, 0.2) is 0 Å². The lowest BCUT2D eigenvalue weighted by Crippen LogP contribution is -2.47. The summed E-state index contributed by atoms with van der Waals surface area (Å²) in [5, 5.41) is 13.0. The van der Waals surface area contributed by atoms with Gasteiger partial charge >= 0.3 is 6.03 Å². The maximum atomic E-state index is 12.7. The summed E-state index contributed by atoms with van der Waals surface area (Å²) in [7, 11) is 3.15. The topological polar surface area (TPSA) is 71.0 Å². The number of anilines is 1. The molecule has 2 aromatic carbocycles. The van der Waals surface area contributed by atoms with E-state index in [1.54, 1.807) is 37.3 Å². The van der Waals surface area contributed by atoms with Crippen LogP contribution in [0.4, 0.5) is 10.5 Å². The first kappa shape index (κ1) is 20.0. The van der Waals surface area contributed by atoms with Crippen molar-refractivity contribution in [2.75, 3.05) is 39.2 Å². The van der Waals surface area contributed by atoms with E-state index in [4.69, 9.17) is 9.47 Å². The maximum Gasteiger partial charge on any atom is 0.321 e. The third kappa shape index (κ3) is 4.57. The van der Waals surface area contributed by atoms with Crippen LogP contribution in [-0.4, -0.2) is 50.0 Å². The highest BCUT2D eigenvalue weighted by Gasteiger charge is 2.35. The molecule has 0 aliphatic carbocycles. The molecule has 0 spiro atoms. The maximum absolute atomic E-state index is 12.7. The van der Waals surface area contributed by atoms with Crippen molar-refractivity contribution in [3.05, 3.63) is 54.1 Å². The molecule has 0 atom stereocenters. The number of ether oxygens (including phenoxy) is 2. The SMILES string of the molecule is COc1ccc(NC(=O)N2CCC(CO)(Cc3ccccc3)CC2)c(OC)c1. The number of likely N-dealkylation sites (tertiary alicyclic amines) is 1. The first-order chi connectivity index (χ1) is 13.6. The second kappa shape index (κ2) is 8.97. The van der Waals surface area contributed by atoms with Crippen LogP contribution in [0.15, 0.2) is 48.5 Å². The van der Waals surface area contributed by atoms with E-state index in [9.17, 15) is 9.90 Å². The molecular formula is C22H28N2O4. The van der Waals surface area contributed by atoms with Crippen molar-refractivity contribution < 1.29 is 19.4 Å². The van der Waals surface area contributed by atoms with Crippen molar-refractivity contribution in [2.45, 2.75) is 19.3 Å². The molecule has 1 aliphatic heterocycles. The molecule has 2 aromatic rings. The summed E-state index contributed by atoms with van der Waals surface area (Å²) in [6.07, 6.45) is 2.36. The summed E-state index contributed by atoms with van der Waals surface area (Å²) in [5.74, 6) is 1.22. The monoisotopic (exact) mass is 384 g/mol. The van der Waals surface area contributed by atoms with Gasteiger partial charge in [-0.1, -0.05) is 30.3 Å². The van der Waals surface area contributed by atoms with Crippen LogP contribution in [0.2, 0.25) is 0 Å². The minimum atomic E-state index is -0.171. The Morgan fingerprint density at radius 3 is 2.43 bits per heavy atom. The number of methoxy groups -OCH3 is 2. The number of hydrogen-bond acceptors (Lipinski definition) is 4. The molecule has 6 heteroatoms. The number of amides is 2. The number of piperidine rings is 1. The van der Waals surface area contributed by atoms with Gasteiger partial charge in [-0.3, -0.25) is 0 Å². The number of aliphatic hydroxyl groups excluding tert-OH is 1. The minimum absolute atomic E-state index is 0.129. The van der Waals surface area contributed by atoms with Crippen molar-refractivity contribution in [3.63, 3.8) is 0 Å². The van der Waals surface area contributed by atoms with Crippen LogP contribution in [-0.2, 0) is 6.42 Å². The van der Waals surface area contributed by atoms with Crippen LogP contribution in [0.25, 0.3) is 0 Å². The van der Waals surface area contributed by atoms with Crippen LogP contribution in [0.5, 0.6) is 11.5 Å². The molecule has 0 unspecified atom stereocenters. The molecule has 0 aromatic heterocycles. The van der Waals surface area contributed by atoms with E-state index in [1.807, 2.05) is 18.2 Å². The fraction of sp³-hybridized carbons (Fsp3) is 0.409. The Balaban J connectivity index is 1.62. The minimum Gasteiger partial charge on any atom is -0.497 e. The van der Waals surface area contributed by atoms with Gasteiger partial charge in [-0.05, 0) is 37.0 Å². The smallest absolute Gasteiger partial charge is 0.321 e. The van der Waals surface area contributed by atoms with Crippen LogP contribution < -0.4 is 14.8 Å². The van der Waals surface area contributed by atoms with Gasteiger partial charge < -0.3 is 24.8 Å². The molecule has 1 aliphatic rings. The molecule has 0 bridgehead atoms. The fourth-order valence-corrected chi connectivity index (χ4v) is 3.70. The molecule has 1 fully saturated rings. The molecule has 0 radical (unpaired) electrons. The molecular weight excluding hydrogens is 356 g/mol. The summed E-state index contributed by atoms with van der Waals surface area (Å²) in [6.45, 7) is 1.35.